The van der Waals surface area contributed by atoms with Crippen LogP contribution in [0.15, 0.2) is 24.4 Å². The Kier molecular flexibility index (Phi) is 3.19. The minimum atomic E-state index is -0.846. The van der Waals surface area contributed by atoms with E-state index in [9.17, 15) is 8.78 Å². The Balaban J connectivity index is 2.48. The number of benzene rings is 1. The second-order valence-corrected chi connectivity index (χ2v) is 3.79. The lowest BCUT2D eigenvalue weighted by atomic mass is 10.1. The number of nitrogens with zero attached hydrogens (tertiary/aromatic N) is 2. The summed E-state index contributed by atoms with van der Waals surface area (Å²) in [5.41, 5.74) is 2.36. The summed E-state index contributed by atoms with van der Waals surface area (Å²) in [7, 11) is 3.64. The molecule has 1 aromatic heterocycles. The zero-order chi connectivity index (χ0) is 12.4. The summed E-state index contributed by atoms with van der Waals surface area (Å²) in [6.45, 7) is 0.616. The number of hydrogen-bond acceptors (Lipinski definition) is 2. The molecule has 17 heavy (non-hydrogen) atoms. The van der Waals surface area contributed by atoms with Gasteiger partial charge in [0.1, 0.15) is 0 Å². The van der Waals surface area contributed by atoms with E-state index in [0.717, 1.165) is 17.3 Å². The number of halogens is 2. The second kappa shape index (κ2) is 4.63. The highest BCUT2D eigenvalue weighted by atomic mass is 19.2. The van der Waals surface area contributed by atoms with Crippen molar-refractivity contribution in [2.24, 2.45) is 7.05 Å². The van der Waals surface area contributed by atoms with Crippen LogP contribution in [-0.2, 0) is 13.6 Å². The van der Waals surface area contributed by atoms with Gasteiger partial charge in [0.15, 0.2) is 11.6 Å². The number of aryl methyl sites for hydroxylation is 1. The minimum Gasteiger partial charge on any atom is -0.314 e. The summed E-state index contributed by atoms with van der Waals surface area (Å²) in [6.07, 6.45) is 1.65. The summed E-state index contributed by atoms with van der Waals surface area (Å²) in [6, 6.07) is 3.86. The highest BCUT2D eigenvalue weighted by molar-refractivity contribution is 5.65. The molecule has 0 bridgehead atoms. The molecule has 90 valence electrons. The van der Waals surface area contributed by atoms with Crippen molar-refractivity contribution >= 4 is 0 Å². The molecule has 0 amide bonds. The molecule has 1 N–H and O–H groups in total. The van der Waals surface area contributed by atoms with Gasteiger partial charge >= 0.3 is 0 Å². The van der Waals surface area contributed by atoms with Crippen molar-refractivity contribution < 1.29 is 8.78 Å². The molecule has 1 heterocycles. The van der Waals surface area contributed by atoms with Crippen molar-refractivity contribution in [2.45, 2.75) is 6.54 Å². The van der Waals surface area contributed by atoms with Crippen molar-refractivity contribution in [2.75, 3.05) is 7.05 Å². The molecular weight excluding hydrogens is 224 g/mol. The molecule has 0 unspecified atom stereocenters. The molecule has 5 heteroatoms. The van der Waals surface area contributed by atoms with Crippen LogP contribution in [0.2, 0.25) is 0 Å². The van der Waals surface area contributed by atoms with E-state index in [4.69, 9.17) is 0 Å². The molecule has 0 aliphatic heterocycles. The summed E-state index contributed by atoms with van der Waals surface area (Å²) in [4.78, 5) is 0. The largest absolute Gasteiger partial charge is 0.314 e. The molecule has 2 aromatic rings. The highest BCUT2D eigenvalue weighted by Crippen LogP contribution is 2.24. The van der Waals surface area contributed by atoms with Gasteiger partial charge in [0.2, 0.25) is 0 Å². The average Bonchev–Trinajstić information content (AvgIpc) is 2.66. The summed E-state index contributed by atoms with van der Waals surface area (Å²) < 4.78 is 27.7. The fraction of sp³-hybridized carbons (Fsp3) is 0.250. The predicted molar refractivity (Wildman–Crippen MR) is 61.3 cm³/mol. The molecule has 0 fully saturated rings. The fourth-order valence-corrected chi connectivity index (χ4v) is 1.74. The third-order valence-corrected chi connectivity index (χ3v) is 2.64. The molecule has 0 atom stereocenters. The minimum absolute atomic E-state index is 0.616. The molecule has 0 aliphatic carbocycles. The third-order valence-electron chi connectivity index (χ3n) is 2.64. The normalized spacial score (nSPS) is 10.8. The van der Waals surface area contributed by atoms with Crippen molar-refractivity contribution in [1.82, 2.24) is 15.1 Å². The van der Waals surface area contributed by atoms with Crippen LogP contribution in [0.1, 0.15) is 5.69 Å². The number of nitrogens with one attached hydrogen (secondary N) is 1. The molecule has 0 spiro atoms. The third kappa shape index (κ3) is 2.19. The first-order valence-corrected chi connectivity index (χ1v) is 5.24. The van der Waals surface area contributed by atoms with Crippen LogP contribution in [0.4, 0.5) is 8.78 Å². The molecule has 0 radical (unpaired) electrons. The maximum absolute atomic E-state index is 13.2. The zero-order valence-electron chi connectivity index (χ0n) is 9.67. The van der Waals surface area contributed by atoms with E-state index in [2.05, 4.69) is 10.4 Å². The quantitative estimate of drug-likeness (QED) is 0.885. The van der Waals surface area contributed by atoms with E-state index in [-0.39, 0.29) is 0 Å². The number of hydrogen-bond donors (Lipinski definition) is 1. The van der Waals surface area contributed by atoms with Crippen molar-refractivity contribution in [3.8, 4) is 11.1 Å². The molecular formula is C12H13F2N3. The van der Waals surface area contributed by atoms with Crippen molar-refractivity contribution in [3.63, 3.8) is 0 Å². The van der Waals surface area contributed by atoms with E-state index in [1.54, 1.807) is 16.9 Å². The maximum atomic E-state index is 13.2. The van der Waals surface area contributed by atoms with Gasteiger partial charge in [-0.05, 0) is 24.7 Å². The van der Waals surface area contributed by atoms with E-state index in [1.807, 2.05) is 14.1 Å². The Bertz CT molecular complexity index is 535. The molecule has 0 aliphatic rings. The molecule has 0 saturated carbocycles. The van der Waals surface area contributed by atoms with E-state index in [0.29, 0.717) is 12.1 Å². The van der Waals surface area contributed by atoms with Gasteiger partial charge in [-0.25, -0.2) is 8.78 Å². The van der Waals surface area contributed by atoms with Crippen LogP contribution in [0, 0.1) is 11.6 Å². The summed E-state index contributed by atoms with van der Waals surface area (Å²) in [5, 5.41) is 7.14. The van der Waals surface area contributed by atoms with Crippen molar-refractivity contribution in [1.29, 1.82) is 0 Å². The molecule has 0 saturated heterocycles. The lowest BCUT2D eigenvalue weighted by Crippen LogP contribution is -2.10. The van der Waals surface area contributed by atoms with E-state index < -0.39 is 11.6 Å². The topological polar surface area (TPSA) is 29.9 Å². The first-order valence-electron chi connectivity index (χ1n) is 5.24. The standard InChI is InChI=1S/C12H13F2N3/c1-15-7-12-9(6-16-17(12)2)8-3-4-10(13)11(14)5-8/h3-6,15H,7H2,1-2H3. The van der Waals surface area contributed by atoms with Crippen LogP contribution in [0.3, 0.4) is 0 Å². The Morgan fingerprint density at radius 2 is 2.06 bits per heavy atom. The Labute approximate surface area is 98.1 Å². The van der Waals surface area contributed by atoms with Gasteiger partial charge < -0.3 is 5.32 Å². The lowest BCUT2D eigenvalue weighted by Gasteiger charge is -2.06. The van der Waals surface area contributed by atoms with Crippen LogP contribution in [0.5, 0.6) is 0 Å². The Morgan fingerprint density at radius 3 is 2.71 bits per heavy atom. The van der Waals surface area contributed by atoms with Gasteiger partial charge in [0, 0.05) is 19.2 Å². The average molecular weight is 237 g/mol. The van der Waals surface area contributed by atoms with Crippen LogP contribution in [0.25, 0.3) is 11.1 Å². The summed E-state index contributed by atoms with van der Waals surface area (Å²) in [5.74, 6) is -1.69. The first-order chi connectivity index (χ1) is 8.13. The van der Waals surface area contributed by atoms with Crippen molar-refractivity contribution in [3.05, 3.63) is 41.7 Å². The maximum Gasteiger partial charge on any atom is 0.159 e. The van der Waals surface area contributed by atoms with Gasteiger partial charge in [-0.15, -0.1) is 0 Å². The lowest BCUT2D eigenvalue weighted by molar-refractivity contribution is 0.509. The second-order valence-electron chi connectivity index (χ2n) is 3.79. The van der Waals surface area contributed by atoms with Crippen LogP contribution in [-0.4, -0.2) is 16.8 Å². The first kappa shape index (κ1) is 11.7. The smallest absolute Gasteiger partial charge is 0.159 e. The monoisotopic (exact) mass is 237 g/mol. The van der Waals surface area contributed by atoms with Gasteiger partial charge in [0.05, 0.1) is 11.9 Å². The fourth-order valence-electron chi connectivity index (χ4n) is 1.74. The van der Waals surface area contributed by atoms with Crippen LogP contribution >= 0.6 is 0 Å². The van der Waals surface area contributed by atoms with Gasteiger partial charge in [0.25, 0.3) is 0 Å². The van der Waals surface area contributed by atoms with Gasteiger partial charge in [-0.3, -0.25) is 4.68 Å². The Morgan fingerprint density at radius 1 is 1.29 bits per heavy atom. The SMILES string of the molecule is CNCc1c(-c2ccc(F)c(F)c2)cnn1C. The van der Waals surface area contributed by atoms with E-state index in [1.165, 1.54) is 6.07 Å². The van der Waals surface area contributed by atoms with Gasteiger partial charge in [-0.1, -0.05) is 6.07 Å². The summed E-state index contributed by atoms with van der Waals surface area (Å²) >= 11 is 0. The van der Waals surface area contributed by atoms with E-state index >= 15 is 0 Å². The number of rotatable bonds is 3. The highest BCUT2D eigenvalue weighted by Gasteiger charge is 2.11. The zero-order valence-corrected chi connectivity index (χ0v) is 9.67. The van der Waals surface area contributed by atoms with Gasteiger partial charge in [-0.2, -0.15) is 5.10 Å². The molecule has 2 rings (SSSR count). The molecule has 1 aromatic carbocycles. The number of aromatic nitrogens is 2. The Hall–Kier alpha value is -1.75. The molecule has 3 nitrogen and oxygen atoms in total. The van der Waals surface area contributed by atoms with Crippen LogP contribution < -0.4 is 5.32 Å². The predicted octanol–water partition coefficient (Wildman–Crippen LogP) is 2.08.